The highest BCUT2D eigenvalue weighted by atomic mass is 16.7. The monoisotopic (exact) mass is 359 g/mol. The average Bonchev–Trinajstić information content (AvgIpc) is 3.10. The van der Waals surface area contributed by atoms with E-state index in [0.29, 0.717) is 5.69 Å². The van der Waals surface area contributed by atoms with Crippen LogP contribution in [0.4, 0.5) is 5.69 Å². The molecule has 0 saturated carbocycles. The Labute approximate surface area is 159 Å². The molecule has 1 aromatic heterocycles. The van der Waals surface area contributed by atoms with Crippen molar-refractivity contribution in [1.82, 2.24) is 9.78 Å². The first kappa shape index (κ1) is 17.8. The highest BCUT2D eigenvalue weighted by molar-refractivity contribution is 6.63. The summed E-state index contributed by atoms with van der Waals surface area (Å²) in [5.41, 5.74) is 2.29. The van der Waals surface area contributed by atoms with Crippen molar-refractivity contribution in [3.8, 4) is 11.3 Å². The molecule has 136 valence electrons. The van der Waals surface area contributed by atoms with Crippen molar-refractivity contribution in [1.29, 1.82) is 0 Å². The second-order valence-corrected chi connectivity index (χ2v) is 7.96. The van der Waals surface area contributed by atoms with Gasteiger partial charge in [-0.2, -0.15) is 5.10 Å². The molecule has 1 aliphatic heterocycles. The molecule has 4 rings (SSSR count). The van der Waals surface area contributed by atoms with Crippen LogP contribution in [0.2, 0.25) is 0 Å². The third-order valence-corrected chi connectivity index (χ3v) is 5.74. The Morgan fingerprint density at radius 1 is 1.04 bits per heavy atom. The lowest BCUT2D eigenvalue weighted by atomic mass is 9.77. The lowest BCUT2D eigenvalue weighted by Crippen LogP contribution is -2.41. The van der Waals surface area contributed by atoms with Gasteiger partial charge in [0, 0.05) is 24.3 Å². The third kappa shape index (κ3) is 2.66. The molecule has 2 heterocycles. The van der Waals surface area contributed by atoms with Crippen molar-refractivity contribution in [2.24, 2.45) is 7.05 Å². The SMILES string of the molecule is [C-]#[N+]c1c(-c2c(B3OC(C)(C)C(C)(C)O3)cnn2C)ccc2ccccc12. The van der Waals surface area contributed by atoms with Gasteiger partial charge in [0.25, 0.3) is 0 Å². The first-order valence-corrected chi connectivity index (χ1v) is 9.02. The van der Waals surface area contributed by atoms with Crippen molar-refractivity contribution in [3.05, 3.63) is 54.0 Å². The van der Waals surface area contributed by atoms with Gasteiger partial charge in [-0.05, 0) is 38.5 Å². The lowest BCUT2D eigenvalue weighted by molar-refractivity contribution is 0.00578. The maximum atomic E-state index is 7.78. The van der Waals surface area contributed by atoms with Gasteiger partial charge in [-0.1, -0.05) is 36.4 Å². The minimum atomic E-state index is -0.524. The molecule has 0 N–H and O–H groups in total. The van der Waals surface area contributed by atoms with E-state index in [2.05, 4.69) is 9.94 Å². The van der Waals surface area contributed by atoms with E-state index in [1.165, 1.54) is 0 Å². The van der Waals surface area contributed by atoms with Gasteiger partial charge in [-0.15, -0.1) is 0 Å². The summed E-state index contributed by atoms with van der Waals surface area (Å²) >= 11 is 0. The molecule has 5 nitrogen and oxygen atoms in total. The summed E-state index contributed by atoms with van der Waals surface area (Å²) in [5.74, 6) is 0. The average molecular weight is 359 g/mol. The number of aryl methyl sites for hydroxylation is 1. The van der Waals surface area contributed by atoms with Crippen molar-refractivity contribution >= 4 is 29.0 Å². The van der Waals surface area contributed by atoms with E-state index < -0.39 is 18.3 Å². The minimum absolute atomic E-state index is 0.434. The van der Waals surface area contributed by atoms with Crippen LogP contribution >= 0.6 is 0 Å². The summed E-state index contributed by atoms with van der Waals surface area (Å²) in [6.07, 6.45) is 1.78. The molecule has 2 aromatic carbocycles. The summed E-state index contributed by atoms with van der Waals surface area (Å²) in [6, 6.07) is 12.0. The van der Waals surface area contributed by atoms with Crippen molar-refractivity contribution < 1.29 is 9.31 Å². The molecule has 6 heteroatoms. The number of rotatable bonds is 2. The first-order valence-electron chi connectivity index (χ1n) is 9.02. The van der Waals surface area contributed by atoms with E-state index >= 15 is 0 Å². The van der Waals surface area contributed by atoms with Crippen LogP contribution in [0.5, 0.6) is 0 Å². The second-order valence-electron chi connectivity index (χ2n) is 7.96. The van der Waals surface area contributed by atoms with Crippen LogP contribution in [-0.4, -0.2) is 28.1 Å². The molecule has 0 amide bonds. The third-order valence-electron chi connectivity index (χ3n) is 5.74. The number of fused-ring (bicyclic) bond motifs is 1. The predicted molar refractivity (Wildman–Crippen MR) is 108 cm³/mol. The van der Waals surface area contributed by atoms with Crippen LogP contribution in [0.25, 0.3) is 26.9 Å². The van der Waals surface area contributed by atoms with Crippen LogP contribution in [0.1, 0.15) is 27.7 Å². The zero-order valence-electron chi connectivity index (χ0n) is 16.3. The topological polar surface area (TPSA) is 40.6 Å². The molecular weight excluding hydrogens is 337 g/mol. The Morgan fingerprint density at radius 3 is 2.37 bits per heavy atom. The fourth-order valence-electron chi connectivity index (χ4n) is 3.49. The van der Waals surface area contributed by atoms with Gasteiger partial charge in [-0.25, -0.2) is 4.85 Å². The van der Waals surface area contributed by atoms with Crippen LogP contribution < -0.4 is 5.46 Å². The molecule has 1 aliphatic rings. The van der Waals surface area contributed by atoms with Crippen LogP contribution in [0, 0.1) is 6.57 Å². The van der Waals surface area contributed by atoms with Gasteiger partial charge < -0.3 is 9.31 Å². The maximum absolute atomic E-state index is 7.78. The molecule has 27 heavy (non-hydrogen) atoms. The molecule has 0 unspecified atom stereocenters. The van der Waals surface area contributed by atoms with Crippen LogP contribution in [-0.2, 0) is 16.4 Å². The van der Waals surface area contributed by atoms with Gasteiger partial charge >= 0.3 is 7.12 Å². The van der Waals surface area contributed by atoms with E-state index in [4.69, 9.17) is 15.9 Å². The highest BCUT2D eigenvalue weighted by Crippen LogP contribution is 2.39. The number of hydrogen-bond donors (Lipinski definition) is 0. The molecule has 0 bridgehead atoms. The predicted octanol–water partition coefficient (Wildman–Crippen LogP) is 4.09. The van der Waals surface area contributed by atoms with E-state index in [0.717, 1.165) is 27.5 Å². The fourth-order valence-corrected chi connectivity index (χ4v) is 3.49. The number of aromatic nitrogens is 2. The lowest BCUT2D eigenvalue weighted by Gasteiger charge is -2.32. The Hall–Kier alpha value is -2.62. The molecule has 0 spiro atoms. The summed E-state index contributed by atoms with van der Waals surface area (Å²) < 4.78 is 14.3. The summed E-state index contributed by atoms with van der Waals surface area (Å²) in [5, 5.41) is 6.43. The normalized spacial score (nSPS) is 18.0. The van der Waals surface area contributed by atoms with Crippen molar-refractivity contribution in [2.75, 3.05) is 0 Å². The van der Waals surface area contributed by atoms with Crippen LogP contribution in [0.15, 0.2) is 42.6 Å². The zero-order chi connectivity index (χ0) is 19.4. The van der Waals surface area contributed by atoms with Crippen molar-refractivity contribution in [2.45, 2.75) is 38.9 Å². The van der Waals surface area contributed by atoms with Crippen molar-refractivity contribution in [3.63, 3.8) is 0 Å². The van der Waals surface area contributed by atoms with Crippen LogP contribution in [0.3, 0.4) is 0 Å². The molecule has 1 saturated heterocycles. The Balaban J connectivity index is 1.90. The quantitative estimate of drug-likeness (QED) is 0.511. The van der Waals surface area contributed by atoms with Gasteiger partial charge in [0.2, 0.25) is 5.69 Å². The Morgan fingerprint density at radius 2 is 1.70 bits per heavy atom. The summed E-state index contributed by atoms with van der Waals surface area (Å²) in [4.78, 5) is 3.85. The number of benzene rings is 2. The fraction of sp³-hybridized carbons (Fsp3) is 0.333. The Bertz CT molecular complexity index is 1060. The zero-order valence-corrected chi connectivity index (χ0v) is 16.3. The molecule has 1 fully saturated rings. The largest absolute Gasteiger partial charge is 0.498 e. The number of nitrogens with zero attached hydrogens (tertiary/aromatic N) is 3. The molecule has 3 aromatic rings. The van der Waals surface area contributed by atoms with Gasteiger partial charge in [0.05, 0.1) is 23.5 Å². The first-order chi connectivity index (χ1) is 12.7. The Kier molecular flexibility index (Phi) is 3.92. The maximum Gasteiger partial charge on any atom is 0.498 e. The van der Waals surface area contributed by atoms with Gasteiger partial charge in [0.1, 0.15) is 0 Å². The van der Waals surface area contributed by atoms with E-state index in [1.807, 2.05) is 71.1 Å². The standard InChI is InChI=1S/C21H22BN3O2/c1-20(2)21(3,4)27-22(26-20)17-13-24-25(6)19(17)16-12-11-14-9-7-8-10-15(14)18(16)23-5/h7-13H,1-4,6H3. The smallest absolute Gasteiger partial charge is 0.399 e. The molecule has 0 radical (unpaired) electrons. The van der Waals surface area contributed by atoms with E-state index in [9.17, 15) is 0 Å². The summed E-state index contributed by atoms with van der Waals surface area (Å²) in [7, 11) is 1.36. The van der Waals surface area contributed by atoms with Gasteiger partial charge in [-0.3, -0.25) is 4.68 Å². The molecular formula is C21H22BN3O2. The second kappa shape index (κ2) is 5.95. The molecule has 0 atom stereocenters. The molecule has 0 aliphatic carbocycles. The van der Waals surface area contributed by atoms with Gasteiger partial charge in [0.15, 0.2) is 0 Å². The summed E-state index contributed by atoms with van der Waals surface area (Å²) in [6.45, 7) is 15.9. The van der Waals surface area contributed by atoms with E-state index in [-0.39, 0.29) is 0 Å². The number of hydrogen-bond acceptors (Lipinski definition) is 3. The minimum Gasteiger partial charge on any atom is -0.399 e. The van der Waals surface area contributed by atoms with E-state index in [1.54, 1.807) is 10.9 Å². The highest BCUT2D eigenvalue weighted by Gasteiger charge is 2.52.